The SMILES string of the molecule is CCC(=O)C(C)Cc1cccc(C)c1. The van der Waals surface area contributed by atoms with Gasteiger partial charge in [-0.2, -0.15) is 0 Å². The molecule has 0 aliphatic carbocycles. The van der Waals surface area contributed by atoms with Gasteiger partial charge in [0.15, 0.2) is 0 Å². The summed E-state index contributed by atoms with van der Waals surface area (Å²) in [5.41, 5.74) is 2.53. The number of carbonyl (C=O) groups is 1. The third-order valence-electron chi connectivity index (χ3n) is 2.52. The van der Waals surface area contributed by atoms with E-state index in [9.17, 15) is 4.79 Å². The van der Waals surface area contributed by atoms with Gasteiger partial charge in [0.2, 0.25) is 0 Å². The molecular weight excluding hydrogens is 172 g/mol. The summed E-state index contributed by atoms with van der Waals surface area (Å²) in [4.78, 5) is 11.4. The van der Waals surface area contributed by atoms with Gasteiger partial charge in [0.1, 0.15) is 5.78 Å². The molecule has 0 amide bonds. The minimum Gasteiger partial charge on any atom is -0.299 e. The van der Waals surface area contributed by atoms with E-state index in [1.54, 1.807) is 0 Å². The molecule has 1 aromatic carbocycles. The predicted molar refractivity (Wildman–Crippen MR) is 59.3 cm³/mol. The van der Waals surface area contributed by atoms with Crippen LogP contribution in [-0.2, 0) is 11.2 Å². The Balaban J connectivity index is 2.64. The van der Waals surface area contributed by atoms with Gasteiger partial charge in [0.25, 0.3) is 0 Å². The normalized spacial score (nSPS) is 12.5. The molecule has 1 rings (SSSR count). The Kier molecular flexibility index (Phi) is 3.87. The van der Waals surface area contributed by atoms with Crippen LogP contribution in [0.4, 0.5) is 0 Å². The highest BCUT2D eigenvalue weighted by Gasteiger charge is 2.10. The smallest absolute Gasteiger partial charge is 0.135 e. The van der Waals surface area contributed by atoms with Crippen LogP contribution in [0.15, 0.2) is 24.3 Å². The van der Waals surface area contributed by atoms with Gasteiger partial charge >= 0.3 is 0 Å². The van der Waals surface area contributed by atoms with E-state index in [2.05, 4.69) is 25.1 Å². The number of ketones is 1. The van der Waals surface area contributed by atoms with Crippen LogP contribution in [0.1, 0.15) is 31.4 Å². The molecule has 0 bridgehead atoms. The standard InChI is InChI=1S/C13H18O/c1-4-13(14)11(3)9-12-7-5-6-10(2)8-12/h5-8,11H,4,9H2,1-3H3. The molecule has 0 radical (unpaired) electrons. The van der Waals surface area contributed by atoms with Gasteiger partial charge in [-0.1, -0.05) is 43.7 Å². The zero-order valence-corrected chi connectivity index (χ0v) is 9.21. The summed E-state index contributed by atoms with van der Waals surface area (Å²) in [7, 11) is 0. The number of benzene rings is 1. The predicted octanol–water partition coefficient (Wildman–Crippen LogP) is 3.15. The first-order valence-corrected chi connectivity index (χ1v) is 5.21. The molecule has 0 aliphatic heterocycles. The van der Waals surface area contributed by atoms with Gasteiger partial charge < -0.3 is 0 Å². The summed E-state index contributed by atoms with van der Waals surface area (Å²) in [6.45, 7) is 6.01. The molecule has 1 nitrogen and oxygen atoms in total. The highest BCUT2D eigenvalue weighted by atomic mass is 16.1. The molecule has 14 heavy (non-hydrogen) atoms. The van der Waals surface area contributed by atoms with Gasteiger partial charge in [0, 0.05) is 12.3 Å². The molecule has 0 saturated carbocycles. The van der Waals surface area contributed by atoms with E-state index >= 15 is 0 Å². The Morgan fingerprint density at radius 1 is 1.43 bits per heavy atom. The Morgan fingerprint density at radius 2 is 2.14 bits per heavy atom. The molecule has 76 valence electrons. The van der Waals surface area contributed by atoms with E-state index in [4.69, 9.17) is 0 Å². The number of hydrogen-bond donors (Lipinski definition) is 0. The van der Waals surface area contributed by atoms with Crippen LogP contribution in [0.2, 0.25) is 0 Å². The molecular formula is C13H18O. The number of carbonyl (C=O) groups excluding carboxylic acids is 1. The van der Waals surface area contributed by atoms with Crippen molar-refractivity contribution < 1.29 is 4.79 Å². The van der Waals surface area contributed by atoms with Crippen molar-refractivity contribution in [2.75, 3.05) is 0 Å². The molecule has 0 aromatic heterocycles. The fourth-order valence-corrected chi connectivity index (χ4v) is 1.65. The van der Waals surface area contributed by atoms with E-state index in [1.807, 2.05) is 19.9 Å². The van der Waals surface area contributed by atoms with E-state index < -0.39 is 0 Å². The van der Waals surface area contributed by atoms with Crippen LogP contribution in [0.5, 0.6) is 0 Å². The van der Waals surface area contributed by atoms with Gasteiger partial charge in [-0.15, -0.1) is 0 Å². The lowest BCUT2D eigenvalue weighted by atomic mass is 9.95. The van der Waals surface area contributed by atoms with Gasteiger partial charge in [-0.25, -0.2) is 0 Å². The second-order valence-electron chi connectivity index (χ2n) is 3.91. The van der Waals surface area contributed by atoms with Crippen LogP contribution in [0, 0.1) is 12.8 Å². The molecule has 0 aliphatic rings. The Hall–Kier alpha value is -1.11. The zero-order chi connectivity index (χ0) is 10.6. The molecule has 1 atom stereocenters. The van der Waals surface area contributed by atoms with Crippen LogP contribution in [0.3, 0.4) is 0 Å². The average Bonchev–Trinajstić information content (AvgIpc) is 2.16. The fourth-order valence-electron chi connectivity index (χ4n) is 1.65. The molecule has 1 heteroatoms. The number of rotatable bonds is 4. The maximum Gasteiger partial charge on any atom is 0.135 e. The number of hydrogen-bond acceptors (Lipinski definition) is 1. The van der Waals surface area contributed by atoms with E-state index in [0.29, 0.717) is 12.2 Å². The van der Waals surface area contributed by atoms with Crippen molar-refractivity contribution in [3.8, 4) is 0 Å². The lowest BCUT2D eigenvalue weighted by Crippen LogP contribution is -2.12. The van der Waals surface area contributed by atoms with Crippen LogP contribution >= 0.6 is 0 Å². The Labute approximate surface area is 86.1 Å². The Bertz CT molecular complexity index is 315. The minimum absolute atomic E-state index is 0.154. The largest absolute Gasteiger partial charge is 0.299 e. The number of Topliss-reactive ketones (excluding diaryl/α,β-unsaturated/α-hetero) is 1. The molecule has 1 unspecified atom stereocenters. The molecule has 0 heterocycles. The lowest BCUT2D eigenvalue weighted by molar-refractivity contribution is -0.122. The van der Waals surface area contributed by atoms with Gasteiger partial charge in [0.05, 0.1) is 0 Å². The third-order valence-corrected chi connectivity index (χ3v) is 2.52. The van der Waals surface area contributed by atoms with E-state index in [1.165, 1.54) is 11.1 Å². The maximum atomic E-state index is 11.4. The van der Waals surface area contributed by atoms with E-state index in [-0.39, 0.29) is 5.92 Å². The highest BCUT2D eigenvalue weighted by molar-refractivity contribution is 5.80. The van der Waals surface area contributed by atoms with Crippen molar-refractivity contribution in [2.24, 2.45) is 5.92 Å². The molecule has 0 spiro atoms. The topological polar surface area (TPSA) is 17.1 Å². The fraction of sp³-hybridized carbons (Fsp3) is 0.462. The summed E-state index contributed by atoms with van der Waals surface area (Å²) < 4.78 is 0. The van der Waals surface area contributed by atoms with Gasteiger partial charge in [-0.3, -0.25) is 4.79 Å². The Morgan fingerprint density at radius 3 is 2.71 bits per heavy atom. The van der Waals surface area contributed by atoms with Crippen molar-refractivity contribution >= 4 is 5.78 Å². The zero-order valence-electron chi connectivity index (χ0n) is 9.21. The lowest BCUT2D eigenvalue weighted by Gasteiger charge is -2.09. The second kappa shape index (κ2) is 4.94. The quantitative estimate of drug-likeness (QED) is 0.712. The van der Waals surface area contributed by atoms with Crippen molar-refractivity contribution in [1.29, 1.82) is 0 Å². The maximum absolute atomic E-state index is 11.4. The average molecular weight is 190 g/mol. The van der Waals surface area contributed by atoms with Crippen LogP contribution in [0.25, 0.3) is 0 Å². The molecule has 1 aromatic rings. The molecule has 0 saturated heterocycles. The first-order chi connectivity index (χ1) is 6.63. The highest BCUT2D eigenvalue weighted by Crippen LogP contribution is 2.12. The first kappa shape index (κ1) is 11.0. The van der Waals surface area contributed by atoms with Crippen molar-refractivity contribution in [1.82, 2.24) is 0 Å². The summed E-state index contributed by atoms with van der Waals surface area (Å²) in [6.07, 6.45) is 1.52. The second-order valence-corrected chi connectivity index (χ2v) is 3.91. The third kappa shape index (κ3) is 2.99. The minimum atomic E-state index is 0.154. The monoisotopic (exact) mass is 190 g/mol. The summed E-state index contributed by atoms with van der Waals surface area (Å²) in [5.74, 6) is 0.508. The van der Waals surface area contributed by atoms with Crippen molar-refractivity contribution in [3.63, 3.8) is 0 Å². The molecule has 0 N–H and O–H groups in total. The first-order valence-electron chi connectivity index (χ1n) is 5.21. The number of aryl methyl sites for hydroxylation is 1. The van der Waals surface area contributed by atoms with Gasteiger partial charge in [-0.05, 0) is 18.9 Å². The molecule has 0 fully saturated rings. The summed E-state index contributed by atoms with van der Waals surface area (Å²) >= 11 is 0. The van der Waals surface area contributed by atoms with Crippen LogP contribution < -0.4 is 0 Å². The summed E-state index contributed by atoms with van der Waals surface area (Å²) in [6, 6.07) is 8.37. The van der Waals surface area contributed by atoms with E-state index in [0.717, 1.165) is 6.42 Å². The van der Waals surface area contributed by atoms with Crippen LogP contribution in [-0.4, -0.2) is 5.78 Å². The van der Waals surface area contributed by atoms with Crippen molar-refractivity contribution in [3.05, 3.63) is 35.4 Å². The van der Waals surface area contributed by atoms with Crippen molar-refractivity contribution in [2.45, 2.75) is 33.6 Å². The summed E-state index contributed by atoms with van der Waals surface area (Å²) in [5, 5.41) is 0.